The quantitative estimate of drug-likeness (QED) is 0.558. The average Bonchev–Trinajstić information content (AvgIpc) is 2.86. The van der Waals surface area contributed by atoms with E-state index in [1.165, 1.54) is 4.90 Å². The van der Waals surface area contributed by atoms with Crippen molar-refractivity contribution in [2.75, 3.05) is 29.9 Å². The molecular weight excluding hydrogens is 326 g/mol. The molecule has 0 spiro atoms. The monoisotopic (exact) mass is 349 g/mol. The first kappa shape index (κ1) is 18.3. The normalized spacial score (nSPS) is 14.0. The maximum Gasteiger partial charge on any atom is 0.324 e. The number of urea groups is 1. The van der Waals surface area contributed by atoms with Crippen molar-refractivity contribution in [2.24, 2.45) is 0 Å². The van der Waals surface area contributed by atoms with Crippen molar-refractivity contribution in [3.63, 3.8) is 0 Å². The molecule has 6 nitrogen and oxygen atoms in total. The summed E-state index contributed by atoms with van der Waals surface area (Å²) in [5, 5.41) is 5.47. The van der Waals surface area contributed by atoms with Gasteiger partial charge in [0.2, 0.25) is 11.8 Å². The third-order valence-electron chi connectivity index (χ3n) is 3.83. The molecule has 0 aromatic heterocycles. The molecule has 2 N–H and O–H groups in total. The third-order valence-corrected chi connectivity index (χ3v) is 4.88. The lowest BCUT2D eigenvalue weighted by Gasteiger charge is -2.12. The largest absolute Gasteiger partial charge is 0.329 e. The van der Waals surface area contributed by atoms with Crippen LogP contribution in [-0.2, 0) is 9.59 Å². The predicted octanol–water partition coefficient (Wildman–Crippen LogP) is 2.31. The number of amides is 4. The van der Waals surface area contributed by atoms with Crippen molar-refractivity contribution in [1.82, 2.24) is 10.2 Å². The molecule has 0 saturated carbocycles. The Morgan fingerprint density at radius 1 is 1.25 bits per heavy atom. The number of hydrogen-bond donors (Lipinski definition) is 2. The lowest BCUT2D eigenvalue weighted by molar-refractivity contribution is -0.124. The molecule has 7 heteroatoms. The van der Waals surface area contributed by atoms with Gasteiger partial charge in [-0.1, -0.05) is 18.2 Å². The van der Waals surface area contributed by atoms with E-state index in [-0.39, 0.29) is 24.4 Å². The number of aryl methyl sites for hydroxylation is 2. The lowest BCUT2D eigenvalue weighted by atomic mass is 10.1. The fraction of sp³-hybridized carbons (Fsp3) is 0.471. The van der Waals surface area contributed by atoms with Gasteiger partial charge in [0.1, 0.15) is 0 Å². The highest BCUT2D eigenvalue weighted by atomic mass is 32.2. The number of para-hydroxylation sites is 1. The Morgan fingerprint density at radius 2 is 1.96 bits per heavy atom. The van der Waals surface area contributed by atoms with Crippen molar-refractivity contribution < 1.29 is 14.4 Å². The zero-order valence-electron chi connectivity index (χ0n) is 14.1. The van der Waals surface area contributed by atoms with E-state index in [0.717, 1.165) is 29.0 Å². The molecule has 1 aliphatic heterocycles. The van der Waals surface area contributed by atoms with Gasteiger partial charge in [-0.15, -0.1) is 0 Å². The number of nitrogens with one attached hydrogen (secondary N) is 2. The Morgan fingerprint density at radius 3 is 2.58 bits per heavy atom. The second kappa shape index (κ2) is 8.73. The molecule has 0 radical (unpaired) electrons. The summed E-state index contributed by atoms with van der Waals surface area (Å²) in [6.07, 6.45) is 1.23. The SMILES string of the molecule is Cc1cccc(C)c1NC(=O)CCCSCCN1C(=O)CNC1=O. The second-order valence-electron chi connectivity index (χ2n) is 5.73. The van der Waals surface area contributed by atoms with Crippen molar-refractivity contribution in [3.05, 3.63) is 29.3 Å². The van der Waals surface area contributed by atoms with Gasteiger partial charge < -0.3 is 10.6 Å². The molecule has 1 aromatic carbocycles. The van der Waals surface area contributed by atoms with Crippen LogP contribution < -0.4 is 10.6 Å². The van der Waals surface area contributed by atoms with Gasteiger partial charge >= 0.3 is 6.03 Å². The molecule has 130 valence electrons. The Bertz CT molecular complexity index is 597. The van der Waals surface area contributed by atoms with Crippen molar-refractivity contribution in [3.8, 4) is 0 Å². The number of imide groups is 1. The number of hydrogen-bond acceptors (Lipinski definition) is 4. The van der Waals surface area contributed by atoms with E-state index in [9.17, 15) is 14.4 Å². The van der Waals surface area contributed by atoms with Crippen molar-refractivity contribution in [2.45, 2.75) is 26.7 Å². The Hall–Kier alpha value is -2.02. The van der Waals surface area contributed by atoms with Gasteiger partial charge in [0.25, 0.3) is 0 Å². The summed E-state index contributed by atoms with van der Waals surface area (Å²) in [6.45, 7) is 4.48. The average molecular weight is 349 g/mol. The number of carbonyl (C=O) groups is 3. The van der Waals surface area contributed by atoms with Crippen LogP contribution in [0.15, 0.2) is 18.2 Å². The fourth-order valence-electron chi connectivity index (χ4n) is 2.49. The third kappa shape index (κ3) is 4.99. The first-order chi connectivity index (χ1) is 11.5. The molecule has 0 unspecified atom stereocenters. The minimum absolute atomic E-state index is 0.0158. The number of benzene rings is 1. The molecule has 24 heavy (non-hydrogen) atoms. The summed E-state index contributed by atoms with van der Waals surface area (Å²) in [5.74, 6) is 1.36. The van der Waals surface area contributed by atoms with Gasteiger partial charge in [-0.05, 0) is 37.1 Å². The smallest absolute Gasteiger partial charge is 0.324 e. The van der Waals surface area contributed by atoms with E-state index >= 15 is 0 Å². The van der Waals surface area contributed by atoms with E-state index in [1.54, 1.807) is 11.8 Å². The first-order valence-corrected chi connectivity index (χ1v) is 9.16. The Kier molecular flexibility index (Phi) is 6.66. The lowest BCUT2D eigenvalue weighted by Crippen LogP contribution is -2.32. The topological polar surface area (TPSA) is 78.5 Å². The van der Waals surface area contributed by atoms with Gasteiger partial charge in [0, 0.05) is 24.4 Å². The van der Waals surface area contributed by atoms with Crippen LogP contribution in [0.5, 0.6) is 0 Å². The van der Waals surface area contributed by atoms with Crippen LogP contribution in [0, 0.1) is 13.8 Å². The van der Waals surface area contributed by atoms with Gasteiger partial charge in [-0.3, -0.25) is 14.5 Å². The van der Waals surface area contributed by atoms with Gasteiger partial charge in [-0.25, -0.2) is 4.79 Å². The fourth-order valence-corrected chi connectivity index (χ4v) is 3.35. The van der Waals surface area contributed by atoms with Crippen LogP contribution in [0.2, 0.25) is 0 Å². The molecule has 4 amide bonds. The molecule has 2 rings (SSSR count). The summed E-state index contributed by atoms with van der Waals surface area (Å²) in [7, 11) is 0. The second-order valence-corrected chi connectivity index (χ2v) is 6.96. The number of nitrogens with zero attached hydrogens (tertiary/aromatic N) is 1. The highest BCUT2D eigenvalue weighted by Crippen LogP contribution is 2.19. The van der Waals surface area contributed by atoms with Crippen LogP contribution in [0.4, 0.5) is 10.5 Å². The van der Waals surface area contributed by atoms with E-state index < -0.39 is 0 Å². The van der Waals surface area contributed by atoms with E-state index in [4.69, 9.17) is 0 Å². The minimum atomic E-state index is -0.312. The van der Waals surface area contributed by atoms with Gasteiger partial charge in [0.15, 0.2) is 0 Å². The summed E-state index contributed by atoms with van der Waals surface area (Å²) < 4.78 is 0. The van der Waals surface area contributed by atoms with Gasteiger partial charge in [0.05, 0.1) is 6.54 Å². The van der Waals surface area contributed by atoms with Crippen LogP contribution in [-0.4, -0.2) is 47.3 Å². The van der Waals surface area contributed by atoms with Crippen LogP contribution in [0.1, 0.15) is 24.0 Å². The van der Waals surface area contributed by atoms with Crippen LogP contribution in [0.25, 0.3) is 0 Å². The molecule has 1 aliphatic rings. The molecule has 1 fully saturated rings. The number of carbonyl (C=O) groups excluding carboxylic acids is 3. The predicted molar refractivity (Wildman–Crippen MR) is 96.2 cm³/mol. The summed E-state index contributed by atoms with van der Waals surface area (Å²) in [6, 6.07) is 5.62. The zero-order valence-corrected chi connectivity index (χ0v) is 14.9. The highest BCUT2D eigenvalue weighted by molar-refractivity contribution is 7.99. The zero-order chi connectivity index (χ0) is 17.5. The van der Waals surface area contributed by atoms with Crippen molar-refractivity contribution in [1.29, 1.82) is 0 Å². The van der Waals surface area contributed by atoms with Crippen LogP contribution in [0.3, 0.4) is 0 Å². The molecule has 1 heterocycles. The maximum atomic E-state index is 12.0. The Labute approximate surface area is 146 Å². The Balaban J connectivity index is 1.61. The molecule has 0 atom stereocenters. The van der Waals surface area contributed by atoms with E-state index in [1.807, 2.05) is 32.0 Å². The van der Waals surface area contributed by atoms with Crippen LogP contribution >= 0.6 is 11.8 Å². The molecule has 0 aliphatic carbocycles. The van der Waals surface area contributed by atoms with E-state index in [0.29, 0.717) is 18.7 Å². The first-order valence-electron chi connectivity index (χ1n) is 8.01. The highest BCUT2D eigenvalue weighted by Gasteiger charge is 2.27. The number of thioether (sulfide) groups is 1. The molecular formula is C17H23N3O3S. The van der Waals surface area contributed by atoms with E-state index in [2.05, 4.69) is 10.6 Å². The summed E-state index contributed by atoms with van der Waals surface area (Å²) in [5.41, 5.74) is 3.02. The summed E-state index contributed by atoms with van der Waals surface area (Å²) in [4.78, 5) is 36.0. The van der Waals surface area contributed by atoms with Gasteiger partial charge in [-0.2, -0.15) is 11.8 Å². The number of rotatable bonds is 8. The minimum Gasteiger partial charge on any atom is -0.329 e. The molecule has 1 aromatic rings. The van der Waals surface area contributed by atoms with Crippen molar-refractivity contribution >= 4 is 35.3 Å². The molecule has 1 saturated heterocycles. The standard InChI is InChI=1S/C17H23N3O3S/c1-12-5-3-6-13(2)16(12)19-14(21)7-4-9-24-10-8-20-15(22)11-18-17(20)23/h3,5-6H,4,7-11H2,1-2H3,(H,18,23)(H,19,21). The summed E-state index contributed by atoms with van der Waals surface area (Å²) >= 11 is 1.64. The molecule has 0 bridgehead atoms. The maximum absolute atomic E-state index is 12.0. The number of anilines is 1.